The first-order valence-corrected chi connectivity index (χ1v) is 12.0. The molecule has 7 rings (SSSR count). The largest absolute Gasteiger partial charge is 0.274 e. The topological polar surface area (TPSA) is 37.4 Å². The molecule has 32 heavy (non-hydrogen) atoms. The van der Waals surface area contributed by atoms with Gasteiger partial charge in [-0.3, -0.25) is 9.59 Å². The fraction of sp³-hybridized carbons (Fsp3) is 0.231. The van der Waals surface area contributed by atoms with Gasteiger partial charge in [-0.05, 0) is 59.4 Å². The summed E-state index contributed by atoms with van der Waals surface area (Å²) in [4.78, 5) is 27.0. The van der Waals surface area contributed by atoms with E-state index in [9.17, 15) is 9.59 Å². The highest BCUT2D eigenvalue weighted by atomic mass is 79.9. The van der Waals surface area contributed by atoms with Gasteiger partial charge in [0.1, 0.15) is 9.75 Å². The van der Waals surface area contributed by atoms with E-state index in [-0.39, 0.29) is 11.8 Å². The first-order chi connectivity index (χ1) is 15.2. The van der Waals surface area contributed by atoms with Gasteiger partial charge in [0.25, 0.3) is 0 Å². The van der Waals surface area contributed by atoms with Crippen LogP contribution < -0.4 is 4.90 Å². The summed E-state index contributed by atoms with van der Waals surface area (Å²) in [5.74, 6) is -2.17. The van der Waals surface area contributed by atoms with Gasteiger partial charge in [-0.25, -0.2) is 4.90 Å². The summed E-state index contributed by atoms with van der Waals surface area (Å²) in [6.07, 6.45) is 0. The fourth-order valence-electron chi connectivity index (χ4n) is 5.92. The van der Waals surface area contributed by atoms with E-state index in [1.807, 2.05) is 74.5 Å². The number of benzene rings is 3. The predicted octanol–water partition coefficient (Wildman–Crippen LogP) is 6.16. The maximum atomic E-state index is 14.0. The van der Waals surface area contributed by atoms with E-state index >= 15 is 0 Å². The number of rotatable bonds is 1. The van der Waals surface area contributed by atoms with E-state index in [1.165, 1.54) is 4.90 Å². The molecule has 4 aliphatic rings. The lowest BCUT2D eigenvalue weighted by atomic mass is 9.54. The molecule has 3 aliphatic carbocycles. The number of imide groups is 1. The number of amides is 2. The van der Waals surface area contributed by atoms with Gasteiger partial charge >= 0.3 is 0 Å². The van der Waals surface area contributed by atoms with Gasteiger partial charge in [0, 0.05) is 4.47 Å². The molecule has 0 unspecified atom stereocenters. The van der Waals surface area contributed by atoms with Crippen LogP contribution in [0.1, 0.15) is 33.4 Å². The van der Waals surface area contributed by atoms with Crippen LogP contribution in [0.15, 0.2) is 65.1 Å². The Kier molecular flexibility index (Phi) is 4.14. The van der Waals surface area contributed by atoms with Gasteiger partial charge in [-0.1, -0.05) is 64.5 Å². The number of carbonyl (C=O) groups excluding carboxylic acids is 2. The zero-order valence-electron chi connectivity index (χ0n) is 17.3. The minimum Gasteiger partial charge on any atom is -0.274 e. The third-order valence-corrected chi connectivity index (χ3v) is 9.66. The minimum atomic E-state index is -1.16. The van der Waals surface area contributed by atoms with Crippen molar-refractivity contribution in [3.8, 4) is 0 Å². The van der Waals surface area contributed by atoms with Crippen molar-refractivity contribution >= 4 is 56.6 Å². The Balaban J connectivity index is 1.65. The monoisotopic (exact) mass is 525 g/mol. The van der Waals surface area contributed by atoms with Crippen molar-refractivity contribution in [2.45, 2.75) is 23.6 Å². The Hall–Kier alpha value is -2.14. The highest BCUT2D eigenvalue weighted by Crippen LogP contribution is 2.69. The van der Waals surface area contributed by atoms with Crippen molar-refractivity contribution in [2.75, 3.05) is 4.90 Å². The molecular formula is C26H18BrCl2NO2. The maximum absolute atomic E-state index is 14.0. The quantitative estimate of drug-likeness (QED) is 0.281. The number of hydrogen-bond donors (Lipinski definition) is 0. The van der Waals surface area contributed by atoms with E-state index < -0.39 is 21.6 Å². The van der Waals surface area contributed by atoms with Crippen molar-refractivity contribution in [3.63, 3.8) is 0 Å². The Bertz CT molecular complexity index is 1250. The summed E-state index contributed by atoms with van der Waals surface area (Å²) in [7, 11) is 0. The molecule has 3 aromatic rings. The van der Waals surface area contributed by atoms with Crippen molar-refractivity contribution < 1.29 is 9.59 Å². The molecule has 3 aromatic carbocycles. The molecule has 2 amide bonds. The fourth-order valence-corrected chi connectivity index (χ4v) is 7.45. The van der Waals surface area contributed by atoms with Crippen LogP contribution in [0.4, 0.5) is 5.69 Å². The molecule has 2 atom stereocenters. The molecule has 3 nitrogen and oxygen atoms in total. The van der Waals surface area contributed by atoms with Crippen LogP contribution in [0.2, 0.25) is 0 Å². The number of nitrogens with zero attached hydrogens (tertiary/aromatic N) is 1. The highest BCUT2D eigenvalue weighted by molar-refractivity contribution is 9.10. The van der Waals surface area contributed by atoms with Crippen LogP contribution in [0.3, 0.4) is 0 Å². The number of alkyl halides is 2. The second-order valence-corrected chi connectivity index (χ2v) is 10.8. The Morgan fingerprint density at radius 1 is 0.719 bits per heavy atom. The first-order valence-electron chi connectivity index (χ1n) is 10.4. The summed E-state index contributed by atoms with van der Waals surface area (Å²) in [6, 6.07) is 19.0. The number of halogens is 3. The molecule has 1 heterocycles. The molecule has 0 aromatic heterocycles. The molecule has 6 heteroatoms. The van der Waals surface area contributed by atoms with Crippen LogP contribution >= 0.6 is 39.1 Å². The van der Waals surface area contributed by atoms with Crippen LogP contribution in [0.5, 0.6) is 0 Å². The van der Waals surface area contributed by atoms with Gasteiger partial charge < -0.3 is 0 Å². The second kappa shape index (κ2) is 6.47. The summed E-state index contributed by atoms with van der Waals surface area (Å²) in [5, 5.41) is 0. The highest BCUT2D eigenvalue weighted by Gasteiger charge is 2.73. The van der Waals surface area contributed by atoms with E-state index in [0.717, 1.165) is 37.9 Å². The van der Waals surface area contributed by atoms with Gasteiger partial charge in [0.05, 0.1) is 17.5 Å². The molecule has 160 valence electrons. The average molecular weight is 527 g/mol. The predicted molar refractivity (Wildman–Crippen MR) is 129 cm³/mol. The van der Waals surface area contributed by atoms with Crippen molar-refractivity contribution in [3.05, 3.63) is 98.5 Å². The summed E-state index contributed by atoms with van der Waals surface area (Å²) < 4.78 is 0.928. The molecule has 0 saturated carbocycles. The zero-order valence-corrected chi connectivity index (χ0v) is 20.4. The van der Waals surface area contributed by atoms with Gasteiger partial charge in [-0.2, -0.15) is 0 Å². The normalized spacial score (nSPS) is 29.7. The lowest BCUT2D eigenvalue weighted by Gasteiger charge is -2.54. The Morgan fingerprint density at radius 2 is 1.12 bits per heavy atom. The van der Waals surface area contributed by atoms with Crippen molar-refractivity contribution in [1.82, 2.24) is 0 Å². The molecule has 1 fully saturated rings. The lowest BCUT2D eigenvalue weighted by molar-refractivity contribution is -0.122. The molecule has 2 bridgehead atoms. The molecule has 0 N–H and O–H groups in total. The standard InChI is InChI=1S/C26H18BrCl2NO2/c1-13-14(2)20(12-11-19(13)27)30-23(31)21-22(24(30)32)26(29)16-8-4-3-7-15(16)25(21,28)17-9-5-6-10-18(17)26/h3-12,21-22H,1-2H3/t21-,22-,25?,26?/m0/s1. The maximum Gasteiger partial charge on any atom is 0.240 e. The van der Waals surface area contributed by atoms with Gasteiger partial charge in [0.15, 0.2) is 0 Å². The summed E-state index contributed by atoms with van der Waals surface area (Å²) in [6.45, 7) is 3.88. The third kappa shape index (κ3) is 2.14. The van der Waals surface area contributed by atoms with E-state index in [4.69, 9.17) is 23.2 Å². The summed E-state index contributed by atoms with van der Waals surface area (Å²) >= 11 is 18.5. The molecule has 0 spiro atoms. The van der Waals surface area contributed by atoms with Crippen molar-refractivity contribution in [2.24, 2.45) is 11.8 Å². The number of anilines is 1. The molecule has 1 aliphatic heterocycles. The van der Waals surface area contributed by atoms with Crippen LogP contribution in [-0.2, 0) is 19.3 Å². The van der Waals surface area contributed by atoms with E-state index in [1.54, 1.807) is 0 Å². The first kappa shape index (κ1) is 20.5. The van der Waals surface area contributed by atoms with Crippen LogP contribution in [0.25, 0.3) is 0 Å². The average Bonchev–Trinajstić information content (AvgIpc) is 3.07. The van der Waals surface area contributed by atoms with E-state index in [2.05, 4.69) is 15.9 Å². The van der Waals surface area contributed by atoms with Crippen LogP contribution in [0, 0.1) is 25.7 Å². The number of carbonyl (C=O) groups is 2. The third-order valence-electron chi connectivity index (χ3n) is 7.52. The smallest absolute Gasteiger partial charge is 0.240 e. The zero-order chi connectivity index (χ0) is 22.6. The van der Waals surface area contributed by atoms with Crippen molar-refractivity contribution in [1.29, 1.82) is 0 Å². The Morgan fingerprint density at radius 3 is 1.53 bits per heavy atom. The molecule has 0 radical (unpaired) electrons. The summed E-state index contributed by atoms with van der Waals surface area (Å²) in [5.41, 5.74) is 5.67. The van der Waals surface area contributed by atoms with Gasteiger partial charge in [0.2, 0.25) is 11.8 Å². The van der Waals surface area contributed by atoms with Gasteiger partial charge in [-0.15, -0.1) is 23.2 Å². The SMILES string of the molecule is Cc1c(Br)ccc(N2C(=O)[C@@H]3[C@@H](C2=O)C2(Cl)c4ccccc4C3(Cl)c3ccccc32)c1C. The number of hydrogen-bond acceptors (Lipinski definition) is 2. The Labute approximate surface area is 204 Å². The molecule has 1 saturated heterocycles. The van der Waals surface area contributed by atoms with E-state index in [0.29, 0.717) is 5.69 Å². The second-order valence-electron chi connectivity index (χ2n) is 8.80. The molecular weight excluding hydrogens is 509 g/mol. The minimum absolute atomic E-state index is 0.297. The lowest BCUT2D eigenvalue weighted by Crippen LogP contribution is -2.57. The van der Waals surface area contributed by atoms with Crippen LogP contribution in [-0.4, -0.2) is 11.8 Å².